The molecule has 1 aliphatic rings. The van der Waals surface area contributed by atoms with Crippen molar-refractivity contribution in [2.24, 2.45) is 5.73 Å². The van der Waals surface area contributed by atoms with Gasteiger partial charge < -0.3 is 16.0 Å². The number of rotatable bonds is 8. The maximum atomic E-state index is 12.2. The lowest BCUT2D eigenvalue weighted by molar-refractivity contribution is -0.117. The van der Waals surface area contributed by atoms with E-state index in [1.807, 2.05) is 12.1 Å². The highest BCUT2D eigenvalue weighted by Gasteiger charge is 2.21. The number of nitrogens with two attached hydrogens (primary N) is 1. The SMILES string of the molecule is NC(=O)CSc1nnc(SCC(=O)Nc2cccc(N3CCCC3=O)c2)s1. The molecule has 0 spiro atoms. The van der Waals surface area contributed by atoms with Gasteiger partial charge in [-0.05, 0) is 24.6 Å². The fraction of sp³-hybridized carbons (Fsp3) is 0.312. The number of carbonyl (C=O) groups is 3. The van der Waals surface area contributed by atoms with E-state index in [2.05, 4.69) is 15.5 Å². The summed E-state index contributed by atoms with van der Waals surface area (Å²) in [6.07, 6.45) is 1.42. The minimum absolute atomic E-state index is 0.107. The van der Waals surface area contributed by atoms with Gasteiger partial charge in [-0.2, -0.15) is 0 Å². The third-order valence-electron chi connectivity index (χ3n) is 3.57. The summed E-state index contributed by atoms with van der Waals surface area (Å²) >= 11 is 3.81. The van der Waals surface area contributed by atoms with Crippen molar-refractivity contribution in [3.63, 3.8) is 0 Å². The Morgan fingerprint density at radius 1 is 1.22 bits per heavy atom. The number of aromatic nitrogens is 2. The first-order valence-corrected chi connectivity index (χ1v) is 10.9. The van der Waals surface area contributed by atoms with Gasteiger partial charge in [0.1, 0.15) is 0 Å². The fourth-order valence-electron chi connectivity index (χ4n) is 2.44. The van der Waals surface area contributed by atoms with Crippen LogP contribution in [0.1, 0.15) is 12.8 Å². The number of carbonyl (C=O) groups excluding carboxylic acids is 3. The number of primary amides is 1. The van der Waals surface area contributed by atoms with Crippen LogP contribution in [-0.2, 0) is 14.4 Å². The lowest BCUT2D eigenvalue weighted by atomic mass is 10.2. The molecule has 0 aliphatic carbocycles. The van der Waals surface area contributed by atoms with E-state index in [9.17, 15) is 14.4 Å². The summed E-state index contributed by atoms with van der Waals surface area (Å²) in [5, 5.41) is 10.8. The van der Waals surface area contributed by atoms with Crippen LogP contribution in [-0.4, -0.2) is 46.0 Å². The van der Waals surface area contributed by atoms with Crippen LogP contribution in [0.3, 0.4) is 0 Å². The van der Waals surface area contributed by atoms with Crippen molar-refractivity contribution in [2.75, 3.05) is 28.3 Å². The number of hydrogen-bond acceptors (Lipinski definition) is 8. The first-order chi connectivity index (χ1) is 13.0. The first-order valence-electron chi connectivity index (χ1n) is 8.09. The molecule has 11 heteroatoms. The largest absolute Gasteiger partial charge is 0.369 e. The molecule has 27 heavy (non-hydrogen) atoms. The van der Waals surface area contributed by atoms with E-state index in [1.54, 1.807) is 17.0 Å². The summed E-state index contributed by atoms with van der Waals surface area (Å²) in [5.74, 6) is -0.152. The van der Waals surface area contributed by atoms with Crippen LogP contribution in [0.4, 0.5) is 11.4 Å². The molecule has 3 rings (SSSR count). The number of thioether (sulfide) groups is 2. The summed E-state index contributed by atoms with van der Waals surface area (Å²) in [4.78, 5) is 36.5. The Kier molecular flexibility index (Phi) is 6.69. The average molecular weight is 424 g/mol. The number of hydrogen-bond donors (Lipinski definition) is 2. The topological polar surface area (TPSA) is 118 Å². The molecule has 1 fully saturated rings. The Labute approximate surface area is 168 Å². The molecule has 3 amide bonds. The van der Waals surface area contributed by atoms with Crippen molar-refractivity contribution in [2.45, 2.75) is 21.5 Å². The lowest BCUT2D eigenvalue weighted by Gasteiger charge is -2.16. The van der Waals surface area contributed by atoms with E-state index in [-0.39, 0.29) is 23.3 Å². The molecular weight excluding hydrogens is 406 g/mol. The third-order valence-corrected chi connectivity index (χ3v) is 6.78. The molecule has 0 radical (unpaired) electrons. The number of anilines is 2. The second-order valence-electron chi connectivity index (χ2n) is 5.62. The van der Waals surface area contributed by atoms with Crippen LogP contribution in [0.5, 0.6) is 0 Å². The molecule has 8 nitrogen and oxygen atoms in total. The van der Waals surface area contributed by atoms with Crippen molar-refractivity contribution < 1.29 is 14.4 Å². The summed E-state index contributed by atoms with van der Waals surface area (Å²) in [5.41, 5.74) is 6.53. The monoisotopic (exact) mass is 423 g/mol. The van der Waals surface area contributed by atoms with Gasteiger partial charge in [0.05, 0.1) is 11.5 Å². The highest BCUT2D eigenvalue weighted by Crippen LogP contribution is 2.29. The van der Waals surface area contributed by atoms with Gasteiger partial charge in [0.15, 0.2) is 8.68 Å². The number of amides is 3. The zero-order valence-corrected chi connectivity index (χ0v) is 16.7. The molecule has 2 aromatic rings. The van der Waals surface area contributed by atoms with Gasteiger partial charge in [0, 0.05) is 24.3 Å². The molecule has 142 valence electrons. The molecule has 1 aromatic carbocycles. The predicted octanol–water partition coefficient (Wildman–Crippen LogP) is 1.97. The average Bonchev–Trinajstić information content (AvgIpc) is 3.27. The summed E-state index contributed by atoms with van der Waals surface area (Å²) < 4.78 is 1.29. The van der Waals surface area contributed by atoms with Gasteiger partial charge in [-0.25, -0.2) is 0 Å². The van der Waals surface area contributed by atoms with Crippen LogP contribution in [0, 0.1) is 0 Å². The van der Waals surface area contributed by atoms with Gasteiger partial charge >= 0.3 is 0 Å². The Hall–Kier alpha value is -2.11. The van der Waals surface area contributed by atoms with Crippen molar-refractivity contribution in [3.05, 3.63) is 24.3 Å². The second-order valence-corrected chi connectivity index (χ2v) is 9.05. The summed E-state index contributed by atoms with van der Waals surface area (Å²) in [6, 6.07) is 7.27. The minimum atomic E-state index is -0.415. The highest BCUT2D eigenvalue weighted by atomic mass is 32.2. The van der Waals surface area contributed by atoms with E-state index in [4.69, 9.17) is 5.73 Å². The van der Waals surface area contributed by atoms with Crippen LogP contribution in [0.2, 0.25) is 0 Å². The van der Waals surface area contributed by atoms with Crippen molar-refractivity contribution in [1.29, 1.82) is 0 Å². The van der Waals surface area contributed by atoms with Crippen LogP contribution in [0.15, 0.2) is 32.9 Å². The Morgan fingerprint density at radius 3 is 2.63 bits per heavy atom. The van der Waals surface area contributed by atoms with Crippen molar-refractivity contribution in [3.8, 4) is 0 Å². The molecule has 0 unspecified atom stereocenters. The number of nitrogens with zero attached hydrogens (tertiary/aromatic N) is 3. The van der Waals surface area contributed by atoms with Gasteiger partial charge in [0.2, 0.25) is 17.7 Å². The van der Waals surface area contributed by atoms with Gasteiger partial charge in [0.25, 0.3) is 0 Å². The molecular formula is C16H17N5O3S3. The Bertz CT molecular complexity index is 857. The van der Waals surface area contributed by atoms with E-state index < -0.39 is 5.91 Å². The standard InChI is InChI=1S/C16H17N5O3S3/c17-12(22)8-25-15-19-20-16(27-15)26-9-13(23)18-10-3-1-4-11(7-10)21-6-2-5-14(21)24/h1,3-4,7H,2,5-6,8-9H2,(H2,17,22)(H,18,23). The van der Waals surface area contributed by atoms with Crippen molar-refractivity contribution >= 4 is 64.0 Å². The quantitative estimate of drug-likeness (QED) is 0.623. The first kappa shape index (κ1) is 19.6. The smallest absolute Gasteiger partial charge is 0.234 e. The lowest BCUT2D eigenvalue weighted by Crippen LogP contribution is -2.23. The molecule has 3 N–H and O–H groups in total. The van der Waals surface area contributed by atoms with Crippen LogP contribution >= 0.6 is 34.9 Å². The maximum Gasteiger partial charge on any atom is 0.234 e. The van der Waals surface area contributed by atoms with E-state index in [1.165, 1.54) is 34.9 Å². The molecule has 0 atom stereocenters. The number of benzene rings is 1. The molecule has 2 heterocycles. The Morgan fingerprint density at radius 2 is 1.96 bits per heavy atom. The normalized spacial score (nSPS) is 13.8. The van der Waals surface area contributed by atoms with Crippen LogP contribution in [0.25, 0.3) is 0 Å². The van der Waals surface area contributed by atoms with E-state index in [0.29, 0.717) is 27.3 Å². The van der Waals surface area contributed by atoms with Crippen LogP contribution < -0.4 is 16.0 Å². The molecule has 1 aromatic heterocycles. The number of nitrogens with one attached hydrogen (secondary N) is 1. The Balaban J connectivity index is 1.51. The summed E-state index contributed by atoms with van der Waals surface area (Å²) in [7, 11) is 0. The molecule has 1 saturated heterocycles. The second kappa shape index (κ2) is 9.20. The fourth-order valence-corrected chi connectivity index (χ4v) is 5.00. The molecule has 0 saturated carbocycles. The predicted molar refractivity (Wildman–Crippen MR) is 107 cm³/mol. The van der Waals surface area contributed by atoms with Gasteiger partial charge in [-0.15, -0.1) is 10.2 Å². The van der Waals surface area contributed by atoms with Gasteiger partial charge in [-0.1, -0.05) is 40.9 Å². The molecule has 1 aliphatic heterocycles. The molecule has 0 bridgehead atoms. The zero-order chi connectivity index (χ0) is 19.2. The highest BCUT2D eigenvalue weighted by molar-refractivity contribution is 8.03. The maximum absolute atomic E-state index is 12.2. The third kappa shape index (κ3) is 5.68. The zero-order valence-electron chi connectivity index (χ0n) is 14.2. The minimum Gasteiger partial charge on any atom is -0.369 e. The van der Waals surface area contributed by atoms with E-state index in [0.717, 1.165) is 12.1 Å². The van der Waals surface area contributed by atoms with E-state index >= 15 is 0 Å². The van der Waals surface area contributed by atoms with Gasteiger partial charge in [-0.3, -0.25) is 14.4 Å². The summed E-state index contributed by atoms with van der Waals surface area (Å²) in [6.45, 7) is 0.708. The van der Waals surface area contributed by atoms with Crippen molar-refractivity contribution in [1.82, 2.24) is 10.2 Å².